The monoisotopic (exact) mass is 392 g/mol. The molecule has 0 radical (unpaired) electrons. The highest BCUT2D eigenvalue weighted by atomic mass is 16.6. The van der Waals surface area contributed by atoms with Gasteiger partial charge in [-0.3, -0.25) is 9.48 Å². The normalized spacial score (nSPS) is 33.1. The van der Waals surface area contributed by atoms with Gasteiger partial charge in [0.15, 0.2) is 0 Å². The van der Waals surface area contributed by atoms with Crippen LogP contribution in [0.25, 0.3) is 0 Å². The fourth-order valence-electron chi connectivity index (χ4n) is 4.64. The highest BCUT2D eigenvalue weighted by Crippen LogP contribution is 2.35. The Labute approximate surface area is 166 Å². The summed E-state index contributed by atoms with van der Waals surface area (Å²) in [5.74, 6) is -0.0566. The molecule has 1 aliphatic carbocycles. The van der Waals surface area contributed by atoms with Gasteiger partial charge in [-0.05, 0) is 12.8 Å². The predicted octanol–water partition coefficient (Wildman–Crippen LogP) is 0.635. The van der Waals surface area contributed by atoms with Crippen molar-refractivity contribution in [1.29, 1.82) is 0 Å². The molecule has 2 saturated heterocycles. The molecule has 1 saturated carbocycles. The summed E-state index contributed by atoms with van der Waals surface area (Å²) < 4.78 is 13.7. The van der Waals surface area contributed by atoms with Crippen molar-refractivity contribution in [2.45, 2.75) is 88.1 Å². The molecule has 3 heterocycles. The first kappa shape index (κ1) is 19.8. The van der Waals surface area contributed by atoms with Crippen LogP contribution < -0.4 is 10.6 Å². The predicted molar refractivity (Wildman–Crippen MR) is 102 cm³/mol. The Hall–Kier alpha value is -1.48. The zero-order valence-corrected chi connectivity index (χ0v) is 16.5. The average molecular weight is 393 g/mol. The van der Waals surface area contributed by atoms with Crippen molar-refractivity contribution in [3.63, 3.8) is 0 Å². The minimum absolute atomic E-state index is 0.0566. The molecule has 3 fully saturated rings. The quantitative estimate of drug-likeness (QED) is 0.630. The smallest absolute Gasteiger partial charge is 0.222 e. The van der Waals surface area contributed by atoms with E-state index in [1.165, 1.54) is 32.1 Å². The molecule has 8 heteroatoms. The number of ether oxygens (including phenoxy) is 2. The molecule has 1 aromatic heterocycles. The third-order valence-corrected chi connectivity index (χ3v) is 6.15. The maximum Gasteiger partial charge on any atom is 0.222 e. The second-order valence-corrected chi connectivity index (χ2v) is 8.41. The summed E-state index contributed by atoms with van der Waals surface area (Å²) in [7, 11) is 1.85. The van der Waals surface area contributed by atoms with Crippen LogP contribution in [0.1, 0.15) is 50.5 Å². The molecule has 3 aliphatic rings. The number of fused-ring (bicyclic) bond motifs is 1. The molecule has 3 N–H and O–H groups in total. The number of nitrogens with zero attached hydrogens (tertiary/aromatic N) is 2. The van der Waals surface area contributed by atoms with Crippen molar-refractivity contribution in [3.8, 4) is 0 Å². The lowest BCUT2D eigenvalue weighted by molar-refractivity contribution is -0.124. The van der Waals surface area contributed by atoms with Crippen LogP contribution in [0.2, 0.25) is 0 Å². The molecule has 156 valence electrons. The number of aliphatic hydroxyl groups excluding tert-OH is 1. The summed E-state index contributed by atoms with van der Waals surface area (Å²) >= 11 is 0. The number of amides is 1. The summed E-state index contributed by atoms with van der Waals surface area (Å²) in [4.78, 5) is 12.2. The molecule has 1 aromatic rings. The maximum absolute atomic E-state index is 12.2. The Balaban J connectivity index is 1.18. The molecule has 8 nitrogen and oxygen atoms in total. The Morgan fingerprint density at radius 1 is 1.32 bits per heavy atom. The van der Waals surface area contributed by atoms with Crippen LogP contribution in [-0.2, 0) is 27.9 Å². The molecule has 28 heavy (non-hydrogen) atoms. The van der Waals surface area contributed by atoms with E-state index in [1.54, 1.807) is 10.9 Å². The van der Waals surface area contributed by atoms with E-state index in [9.17, 15) is 9.90 Å². The number of carbonyl (C=O) groups excluding carboxylic acids is 1. The Morgan fingerprint density at radius 2 is 2.14 bits per heavy atom. The topological polar surface area (TPSA) is 97.6 Å². The highest BCUT2D eigenvalue weighted by Gasteiger charge is 2.50. The van der Waals surface area contributed by atoms with Gasteiger partial charge in [-0.2, -0.15) is 5.10 Å². The molecular formula is C20H32N4O4. The van der Waals surface area contributed by atoms with Crippen LogP contribution in [-0.4, -0.2) is 63.9 Å². The first-order valence-electron chi connectivity index (χ1n) is 10.5. The Morgan fingerprint density at radius 3 is 2.86 bits per heavy atom. The Kier molecular flexibility index (Phi) is 6.30. The van der Waals surface area contributed by atoms with Crippen LogP contribution in [0.3, 0.4) is 0 Å². The zero-order valence-electron chi connectivity index (χ0n) is 16.5. The maximum atomic E-state index is 12.2. The standard InChI is InChI=1S/C20H32N4O4/c1-24-12-13(10-23-24)9-22-18(25)8-15-7-16-20(27-15)19(26)17(28-16)11-21-14-5-3-2-4-6-14/h10,12,14-17,19-21,26H,2-9,11H2,1H3,(H,22,25). The van der Waals surface area contributed by atoms with E-state index in [1.807, 2.05) is 13.2 Å². The van der Waals surface area contributed by atoms with Gasteiger partial charge in [0.1, 0.15) is 12.2 Å². The summed E-state index contributed by atoms with van der Waals surface area (Å²) in [6, 6.07) is 0.544. The second-order valence-electron chi connectivity index (χ2n) is 8.41. The molecule has 0 bridgehead atoms. The van der Waals surface area contributed by atoms with Crippen molar-refractivity contribution in [2.75, 3.05) is 6.54 Å². The summed E-state index contributed by atoms with van der Waals surface area (Å²) in [6.07, 6.45) is 9.36. The van der Waals surface area contributed by atoms with Gasteiger partial charge >= 0.3 is 0 Å². The summed E-state index contributed by atoms with van der Waals surface area (Å²) in [5.41, 5.74) is 0.965. The largest absolute Gasteiger partial charge is 0.388 e. The van der Waals surface area contributed by atoms with Gasteiger partial charge in [-0.1, -0.05) is 19.3 Å². The van der Waals surface area contributed by atoms with Crippen LogP contribution in [0.5, 0.6) is 0 Å². The van der Waals surface area contributed by atoms with Gasteiger partial charge in [-0.15, -0.1) is 0 Å². The number of aromatic nitrogens is 2. The van der Waals surface area contributed by atoms with Crippen molar-refractivity contribution in [2.24, 2.45) is 7.05 Å². The number of rotatable bonds is 7. The van der Waals surface area contributed by atoms with Gasteiger partial charge < -0.3 is 25.2 Å². The number of aryl methyl sites for hydroxylation is 1. The van der Waals surface area contributed by atoms with E-state index in [4.69, 9.17) is 9.47 Å². The van der Waals surface area contributed by atoms with Gasteiger partial charge in [-0.25, -0.2) is 0 Å². The second kappa shape index (κ2) is 8.90. The van der Waals surface area contributed by atoms with E-state index in [2.05, 4.69) is 15.7 Å². The van der Waals surface area contributed by atoms with Gasteiger partial charge in [0.05, 0.1) is 30.9 Å². The van der Waals surface area contributed by atoms with Crippen molar-refractivity contribution < 1.29 is 19.4 Å². The third-order valence-electron chi connectivity index (χ3n) is 6.15. The lowest BCUT2D eigenvalue weighted by Gasteiger charge is -2.26. The number of nitrogens with one attached hydrogen (secondary N) is 2. The fourth-order valence-corrected chi connectivity index (χ4v) is 4.64. The third kappa shape index (κ3) is 4.74. The fraction of sp³-hybridized carbons (Fsp3) is 0.800. The van der Waals surface area contributed by atoms with Crippen molar-refractivity contribution in [1.82, 2.24) is 20.4 Å². The zero-order chi connectivity index (χ0) is 19.5. The summed E-state index contributed by atoms with van der Waals surface area (Å²) in [5, 5.41) is 21.1. The van der Waals surface area contributed by atoms with E-state index >= 15 is 0 Å². The molecule has 0 spiro atoms. The van der Waals surface area contributed by atoms with Crippen LogP contribution in [0.15, 0.2) is 12.4 Å². The van der Waals surface area contributed by atoms with Crippen molar-refractivity contribution in [3.05, 3.63) is 18.0 Å². The molecule has 2 aliphatic heterocycles. The molecular weight excluding hydrogens is 360 g/mol. The average Bonchev–Trinajstić information content (AvgIpc) is 3.36. The lowest BCUT2D eigenvalue weighted by atomic mass is 9.95. The first-order valence-corrected chi connectivity index (χ1v) is 10.5. The summed E-state index contributed by atoms with van der Waals surface area (Å²) in [6.45, 7) is 1.12. The van der Waals surface area contributed by atoms with E-state index in [0.717, 1.165) is 5.56 Å². The van der Waals surface area contributed by atoms with E-state index < -0.39 is 6.10 Å². The van der Waals surface area contributed by atoms with Crippen LogP contribution in [0.4, 0.5) is 0 Å². The van der Waals surface area contributed by atoms with Gasteiger partial charge in [0.25, 0.3) is 0 Å². The lowest BCUT2D eigenvalue weighted by Crippen LogP contribution is -2.42. The highest BCUT2D eigenvalue weighted by molar-refractivity contribution is 5.76. The SMILES string of the molecule is Cn1cc(CNC(=O)CC2CC3OC(CNC4CCCCC4)C(O)C3O2)cn1. The molecule has 5 atom stereocenters. The van der Waals surface area contributed by atoms with Gasteiger partial charge in [0, 0.05) is 44.4 Å². The number of hydrogen-bond acceptors (Lipinski definition) is 6. The molecule has 0 aromatic carbocycles. The molecule has 5 unspecified atom stereocenters. The minimum Gasteiger partial charge on any atom is -0.388 e. The first-order chi connectivity index (χ1) is 13.6. The minimum atomic E-state index is -0.635. The number of aliphatic hydroxyl groups is 1. The van der Waals surface area contributed by atoms with E-state index in [-0.39, 0.29) is 36.7 Å². The number of hydrogen-bond donors (Lipinski definition) is 3. The molecule has 4 rings (SSSR count). The van der Waals surface area contributed by atoms with Crippen molar-refractivity contribution >= 4 is 5.91 Å². The molecule has 1 amide bonds. The van der Waals surface area contributed by atoms with Crippen LogP contribution >= 0.6 is 0 Å². The van der Waals surface area contributed by atoms with Gasteiger partial charge in [0.2, 0.25) is 5.91 Å². The van der Waals surface area contributed by atoms with E-state index in [0.29, 0.717) is 25.6 Å². The Bertz CT molecular complexity index is 660. The van der Waals surface area contributed by atoms with Crippen LogP contribution in [0, 0.1) is 0 Å². The number of carbonyl (C=O) groups is 1.